The number of carbonyl (C=O) groups is 2. The molecule has 0 aliphatic carbocycles. The maximum absolute atomic E-state index is 12.5. The van der Waals surface area contributed by atoms with E-state index in [9.17, 15) is 19.8 Å². The molecule has 0 heterocycles. The maximum Gasteiger partial charge on any atom is 0.305 e. The molecule has 0 aromatic heterocycles. The number of carbonyl (C=O) groups excluding carboxylic acids is 2. The van der Waals surface area contributed by atoms with Crippen molar-refractivity contribution in [2.45, 2.75) is 373 Å². The zero-order valence-electron chi connectivity index (χ0n) is 51.0. The fraction of sp³-hybridized carbons (Fsp3) is 0.857. The molecule has 0 spiro atoms. The highest BCUT2D eigenvalue weighted by Gasteiger charge is 2.18. The van der Waals surface area contributed by atoms with Crippen LogP contribution in [-0.4, -0.2) is 47.4 Å². The third-order valence-electron chi connectivity index (χ3n) is 15.6. The summed E-state index contributed by atoms with van der Waals surface area (Å²) in [5.41, 5.74) is 0. The molecular weight excluding hydrogens is 935 g/mol. The van der Waals surface area contributed by atoms with E-state index in [1.54, 1.807) is 6.08 Å². The van der Waals surface area contributed by atoms with Gasteiger partial charge in [0.15, 0.2) is 0 Å². The number of amides is 1. The summed E-state index contributed by atoms with van der Waals surface area (Å²) in [6.07, 6.45) is 84.6. The van der Waals surface area contributed by atoms with E-state index in [2.05, 4.69) is 55.6 Å². The number of esters is 1. The van der Waals surface area contributed by atoms with Gasteiger partial charge in [0.25, 0.3) is 0 Å². The third-order valence-corrected chi connectivity index (χ3v) is 15.6. The minimum absolute atomic E-state index is 0.00231. The van der Waals surface area contributed by atoms with Gasteiger partial charge in [-0.3, -0.25) is 9.59 Å². The van der Waals surface area contributed by atoms with Crippen molar-refractivity contribution in [2.75, 3.05) is 13.2 Å². The van der Waals surface area contributed by atoms with Gasteiger partial charge in [0, 0.05) is 12.8 Å². The molecule has 0 aromatic rings. The fourth-order valence-electron chi connectivity index (χ4n) is 10.4. The van der Waals surface area contributed by atoms with Gasteiger partial charge in [0.1, 0.15) is 0 Å². The summed E-state index contributed by atoms with van der Waals surface area (Å²) in [5, 5.41) is 23.2. The molecule has 0 bridgehead atoms. The van der Waals surface area contributed by atoms with E-state index >= 15 is 0 Å². The zero-order valence-corrected chi connectivity index (χ0v) is 51.0. The number of nitrogens with one attached hydrogen (secondary N) is 1. The lowest BCUT2D eigenvalue weighted by Gasteiger charge is -2.20. The van der Waals surface area contributed by atoms with Gasteiger partial charge < -0.3 is 20.3 Å². The van der Waals surface area contributed by atoms with E-state index in [-0.39, 0.29) is 18.5 Å². The number of unbranched alkanes of at least 4 members (excludes halogenated alkanes) is 46. The van der Waals surface area contributed by atoms with E-state index in [0.29, 0.717) is 19.4 Å². The Balaban J connectivity index is 3.44. The van der Waals surface area contributed by atoms with Crippen LogP contribution < -0.4 is 5.32 Å². The normalized spacial score (nSPS) is 12.8. The molecule has 3 N–H and O–H groups in total. The molecular formula is C70H131NO5. The molecule has 0 aliphatic heterocycles. The summed E-state index contributed by atoms with van der Waals surface area (Å²) < 4.78 is 5.48. The first kappa shape index (κ1) is 73.8. The smallest absolute Gasteiger partial charge is 0.305 e. The van der Waals surface area contributed by atoms with Crippen molar-refractivity contribution in [2.24, 2.45) is 0 Å². The van der Waals surface area contributed by atoms with Crippen LogP contribution in [0.25, 0.3) is 0 Å². The lowest BCUT2D eigenvalue weighted by Crippen LogP contribution is -2.45. The largest absolute Gasteiger partial charge is 0.466 e. The highest BCUT2D eigenvalue weighted by atomic mass is 16.5. The van der Waals surface area contributed by atoms with Crippen LogP contribution in [0.3, 0.4) is 0 Å². The fourth-order valence-corrected chi connectivity index (χ4v) is 10.4. The molecule has 0 saturated carbocycles. The molecule has 0 rings (SSSR count). The average Bonchev–Trinajstić information content (AvgIpc) is 3.42. The lowest BCUT2D eigenvalue weighted by molar-refractivity contribution is -0.143. The molecule has 0 radical (unpaired) electrons. The quantitative estimate of drug-likeness (QED) is 0.0320. The summed E-state index contributed by atoms with van der Waals surface area (Å²) in [5.74, 6) is -0.0670. The molecule has 446 valence electrons. The predicted octanol–water partition coefficient (Wildman–Crippen LogP) is 21.7. The lowest BCUT2D eigenvalue weighted by atomic mass is 10.0. The second kappa shape index (κ2) is 65.3. The SMILES string of the molecule is CCCCCCCC/C=C\CCCCCCCC(=O)OCCCCCCCCCCC/C=C\C/C=C\CCCCCCCCCCCCCC(=O)NC(CO)C(O)/C=C/CCCCCCCCCCCCCCCCC. The summed E-state index contributed by atoms with van der Waals surface area (Å²) in [6, 6.07) is -0.631. The van der Waals surface area contributed by atoms with Crippen molar-refractivity contribution in [3.8, 4) is 0 Å². The molecule has 6 heteroatoms. The van der Waals surface area contributed by atoms with Crippen LogP contribution in [0.2, 0.25) is 0 Å². The Morgan fingerprint density at radius 3 is 1.01 bits per heavy atom. The summed E-state index contributed by atoms with van der Waals surface area (Å²) in [4.78, 5) is 24.6. The minimum Gasteiger partial charge on any atom is -0.466 e. The van der Waals surface area contributed by atoms with Gasteiger partial charge in [0.2, 0.25) is 5.91 Å². The first-order chi connectivity index (χ1) is 37.5. The van der Waals surface area contributed by atoms with Gasteiger partial charge in [-0.25, -0.2) is 0 Å². The van der Waals surface area contributed by atoms with Gasteiger partial charge >= 0.3 is 5.97 Å². The van der Waals surface area contributed by atoms with Crippen molar-refractivity contribution in [3.05, 3.63) is 48.6 Å². The second-order valence-electron chi connectivity index (χ2n) is 23.1. The van der Waals surface area contributed by atoms with E-state index in [1.165, 1.54) is 283 Å². The number of aliphatic hydroxyl groups is 2. The minimum atomic E-state index is -0.848. The van der Waals surface area contributed by atoms with Crippen LogP contribution in [-0.2, 0) is 14.3 Å². The Hall–Kier alpha value is -2.18. The van der Waals surface area contributed by atoms with E-state index < -0.39 is 12.1 Å². The van der Waals surface area contributed by atoms with E-state index in [1.807, 2.05) is 6.08 Å². The molecule has 2 atom stereocenters. The molecule has 1 amide bonds. The van der Waals surface area contributed by atoms with E-state index in [0.717, 1.165) is 51.4 Å². The van der Waals surface area contributed by atoms with Crippen LogP contribution in [0.4, 0.5) is 0 Å². The monoisotopic (exact) mass is 1070 g/mol. The number of allylic oxidation sites excluding steroid dienone is 7. The highest BCUT2D eigenvalue weighted by molar-refractivity contribution is 5.76. The van der Waals surface area contributed by atoms with E-state index in [4.69, 9.17) is 4.74 Å². The van der Waals surface area contributed by atoms with Crippen LogP contribution in [0, 0.1) is 0 Å². The van der Waals surface area contributed by atoms with Gasteiger partial charge in [-0.1, -0.05) is 306 Å². The van der Waals surface area contributed by atoms with Gasteiger partial charge in [0.05, 0.1) is 25.4 Å². The number of rotatable bonds is 63. The second-order valence-corrected chi connectivity index (χ2v) is 23.1. The number of ether oxygens (including phenoxy) is 1. The third kappa shape index (κ3) is 61.0. The Morgan fingerprint density at radius 1 is 0.368 bits per heavy atom. The molecule has 2 unspecified atom stereocenters. The van der Waals surface area contributed by atoms with Crippen molar-refractivity contribution >= 4 is 11.9 Å². The van der Waals surface area contributed by atoms with Crippen LogP contribution in [0.5, 0.6) is 0 Å². The number of hydrogen-bond acceptors (Lipinski definition) is 5. The molecule has 0 fully saturated rings. The molecule has 6 nitrogen and oxygen atoms in total. The van der Waals surface area contributed by atoms with Crippen LogP contribution in [0.1, 0.15) is 361 Å². The van der Waals surface area contributed by atoms with Gasteiger partial charge in [-0.15, -0.1) is 0 Å². The zero-order chi connectivity index (χ0) is 55.0. The van der Waals surface area contributed by atoms with Gasteiger partial charge in [-0.2, -0.15) is 0 Å². The number of hydrogen-bond donors (Lipinski definition) is 3. The summed E-state index contributed by atoms with van der Waals surface area (Å²) >= 11 is 0. The Morgan fingerprint density at radius 2 is 0.658 bits per heavy atom. The van der Waals surface area contributed by atoms with Crippen LogP contribution >= 0.6 is 0 Å². The Bertz CT molecular complexity index is 1270. The Labute approximate surface area is 474 Å². The highest BCUT2D eigenvalue weighted by Crippen LogP contribution is 2.17. The standard InChI is InChI=1S/C70H131NO5/c1-3-5-7-9-11-13-15-17-19-31-35-38-42-46-50-54-58-62-68(73)67(66-72)71-69(74)63-59-55-51-47-43-39-36-32-29-27-25-23-21-20-22-24-26-28-30-33-37-41-45-49-53-57-61-65-76-70(75)64-60-56-52-48-44-40-34-18-16-14-12-10-8-6-4-2/h18,20-21,24,26,34,58,62,67-68,72-73H,3-17,19,22-23,25,27-33,35-57,59-61,63-66H2,1-2H3,(H,71,74)/b21-20-,26-24-,34-18-,62-58+. The average molecular weight is 1070 g/mol. The van der Waals surface area contributed by atoms with Crippen molar-refractivity contribution in [1.82, 2.24) is 5.32 Å². The van der Waals surface area contributed by atoms with Crippen molar-refractivity contribution < 1.29 is 24.5 Å². The first-order valence-electron chi connectivity index (χ1n) is 33.9. The molecule has 0 aliphatic rings. The Kier molecular flexibility index (Phi) is 63.5. The number of aliphatic hydroxyl groups excluding tert-OH is 2. The molecule has 76 heavy (non-hydrogen) atoms. The predicted molar refractivity (Wildman–Crippen MR) is 333 cm³/mol. The summed E-state index contributed by atoms with van der Waals surface area (Å²) in [7, 11) is 0. The topological polar surface area (TPSA) is 95.9 Å². The maximum atomic E-state index is 12.5. The molecule has 0 saturated heterocycles. The van der Waals surface area contributed by atoms with Crippen LogP contribution in [0.15, 0.2) is 48.6 Å². The van der Waals surface area contributed by atoms with Crippen molar-refractivity contribution in [1.29, 1.82) is 0 Å². The van der Waals surface area contributed by atoms with Crippen molar-refractivity contribution in [3.63, 3.8) is 0 Å². The first-order valence-corrected chi connectivity index (χ1v) is 33.9. The molecule has 0 aromatic carbocycles. The van der Waals surface area contributed by atoms with Gasteiger partial charge in [-0.05, 0) is 89.9 Å². The summed E-state index contributed by atoms with van der Waals surface area (Å²) in [6.45, 7) is 4.91.